The molecule has 4 rings (SSSR count). The molecule has 1 amide bonds. The third-order valence-corrected chi connectivity index (χ3v) is 6.59. The molecule has 0 N–H and O–H groups in total. The highest BCUT2D eigenvalue weighted by molar-refractivity contribution is 5.79. The van der Waals surface area contributed by atoms with Crippen molar-refractivity contribution in [2.24, 2.45) is 11.8 Å². The van der Waals surface area contributed by atoms with E-state index >= 15 is 0 Å². The fraction of sp³-hybridized carbons (Fsp3) is 0.520. The van der Waals surface area contributed by atoms with Crippen LogP contribution in [-0.4, -0.2) is 46.9 Å². The van der Waals surface area contributed by atoms with Gasteiger partial charge in [0.05, 0.1) is 5.92 Å². The van der Waals surface area contributed by atoms with Crippen LogP contribution in [0.15, 0.2) is 54.9 Å². The van der Waals surface area contributed by atoms with Gasteiger partial charge in [-0.3, -0.25) is 14.7 Å². The van der Waals surface area contributed by atoms with Gasteiger partial charge in [-0.05, 0) is 68.2 Å². The third kappa shape index (κ3) is 5.66. The van der Waals surface area contributed by atoms with Gasteiger partial charge >= 0.3 is 0 Å². The van der Waals surface area contributed by atoms with E-state index in [1.54, 1.807) is 0 Å². The molecule has 4 nitrogen and oxygen atoms in total. The van der Waals surface area contributed by atoms with Gasteiger partial charge in [-0.15, -0.1) is 0 Å². The van der Waals surface area contributed by atoms with Gasteiger partial charge in [0.15, 0.2) is 0 Å². The maximum absolute atomic E-state index is 13.1. The molecule has 2 aromatic rings. The molecule has 0 unspecified atom stereocenters. The molecule has 0 saturated carbocycles. The van der Waals surface area contributed by atoms with Gasteiger partial charge in [0.1, 0.15) is 0 Å². The lowest BCUT2D eigenvalue weighted by Crippen LogP contribution is -2.47. The lowest BCUT2D eigenvalue weighted by molar-refractivity contribution is -0.138. The average molecular weight is 392 g/mol. The highest BCUT2D eigenvalue weighted by atomic mass is 16.2. The second-order valence-electron chi connectivity index (χ2n) is 8.73. The number of aromatic nitrogens is 1. The first-order valence-corrected chi connectivity index (χ1v) is 11.2. The number of hydrogen-bond donors (Lipinski definition) is 0. The molecule has 2 aliphatic heterocycles. The Bertz CT molecular complexity index is 756. The number of pyridine rings is 1. The summed E-state index contributed by atoms with van der Waals surface area (Å²) in [6.07, 6.45) is 10.6. The molecule has 0 bridgehead atoms. The Morgan fingerprint density at radius 3 is 2.52 bits per heavy atom. The Balaban J connectivity index is 1.22. The number of amides is 1. The maximum Gasteiger partial charge on any atom is 0.226 e. The number of piperidine rings is 2. The Hall–Kier alpha value is -2.20. The summed E-state index contributed by atoms with van der Waals surface area (Å²) in [7, 11) is 0. The van der Waals surface area contributed by atoms with Crippen LogP contribution in [0.3, 0.4) is 0 Å². The number of carbonyl (C=O) groups excluding carboxylic acids is 1. The molecule has 0 radical (unpaired) electrons. The van der Waals surface area contributed by atoms with Crippen molar-refractivity contribution < 1.29 is 4.79 Å². The van der Waals surface area contributed by atoms with Crippen LogP contribution in [0.4, 0.5) is 0 Å². The molecule has 154 valence electrons. The van der Waals surface area contributed by atoms with E-state index in [4.69, 9.17) is 0 Å². The molecule has 2 aliphatic rings. The van der Waals surface area contributed by atoms with Gasteiger partial charge < -0.3 is 4.90 Å². The largest absolute Gasteiger partial charge is 0.342 e. The molecule has 29 heavy (non-hydrogen) atoms. The molecule has 1 aromatic carbocycles. The second-order valence-corrected chi connectivity index (χ2v) is 8.73. The molecule has 1 aromatic heterocycles. The van der Waals surface area contributed by atoms with E-state index < -0.39 is 0 Å². The Labute approximate surface area is 174 Å². The van der Waals surface area contributed by atoms with Gasteiger partial charge in [-0.2, -0.15) is 0 Å². The van der Waals surface area contributed by atoms with Crippen LogP contribution in [0.2, 0.25) is 0 Å². The summed E-state index contributed by atoms with van der Waals surface area (Å²) in [5, 5.41) is 0. The van der Waals surface area contributed by atoms with Gasteiger partial charge in [0.2, 0.25) is 5.91 Å². The zero-order valence-electron chi connectivity index (χ0n) is 17.4. The molecule has 0 aliphatic carbocycles. The molecule has 2 saturated heterocycles. The predicted octanol–water partition coefficient (Wildman–Crippen LogP) is 4.17. The van der Waals surface area contributed by atoms with E-state index in [0.29, 0.717) is 5.91 Å². The number of likely N-dealkylation sites (tertiary alicyclic amines) is 2. The van der Waals surface area contributed by atoms with Crippen LogP contribution in [-0.2, 0) is 17.8 Å². The molecule has 2 fully saturated rings. The number of aryl methyl sites for hydroxylation is 1. The first kappa shape index (κ1) is 20.1. The lowest BCUT2D eigenvalue weighted by atomic mass is 9.89. The Morgan fingerprint density at radius 1 is 0.966 bits per heavy atom. The van der Waals surface area contributed by atoms with Crippen molar-refractivity contribution in [2.45, 2.75) is 45.1 Å². The molecule has 1 atom stereocenters. The molecular formula is C25H33N3O. The second kappa shape index (κ2) is 10.0. The topological polar surface area (TPSA) is 36.4 Å². The van der Waals surface area contributed by atoms with Crippen molar-refractivity contribution in [1.82, 2.24) is 14.8 Å². The summed E-state index contributed by atoms with van der Waals surface area (Å²) in [6, 6.07) is 14.9. The standard InChI is InChI=1S/C25H33N3O/c29-25(24-9-5-15-27(20-24)19-23-8-4-14-26-18-23)28-16-12-22(13-17-28)11-10-21-6-2-1-3-7-21/h1-4,6-8,14,18,22,24H,5,9-13,15-17,19-20H2/t24-/m1/s1. The lowest BCUT2D eigenvalue weighted by Gasteiger charge is -2.38. The quantitative estimate of drug-likeness (QED) is 0.742. The van der Waals surface area contributed by atoms with Gasteiger partial charge in [0.25, 0.3) is 0 Å². The summed E-state index contributed by atoms with van der Waals surface area (Å²) in [4.78, 5) is 21.9. The van der Waals surface area contributed by atoms with Crippen LogP contribution >= 0.6 is 0 Å². The van der Waals surface area contributed by atoms with Crippen molar-refractivity contribution in [3.05, 3.63) is 66.0 Å². The minimum Gasteiger partial charge on any atom is -0.342 e. The Kier molecular flexibility index (Phi) is 6.94. The van der Waals surface area contributed by atoms with Crippen LogP contribution in [0.25, 0.3) is 0 Å². The van der Waals surface area contributed by atoms with E-state index in [9.17, 15) is 4.79 Å². The first-order chi connectivity index (χ1) is 14.3. The summed E-state index contributed by atoms with van der Waals surface area (Å²) >= 11 is 0. The minimum atomic E-state index is 0.168. The molecule has 4 heteroatoms. The minimum absolute atomic E-state index is 0.168. The predicted molar refractivity (Wildman–Crippen MR) is 116 cm³/mol. The molecule has 3 heterocycles. The smallest absolute Gasteiger partial charge is 0.226 e. The van der Waals surface area contributed by atoms with Gasteiger partial charge in [0, 0.05) is 38.6 Å². The summed E-state index contributed by atoms with van der Waals surface area (Å²) < 4.78 is 0. The van der Waals surface area contributed by atoms with Gasteiger partial charge in [-0.1, -0.05) is 36.4 Å². The van der Waals surface area contributed by atoms with Crippen molar-refractivity contribution in [3.8, 4) is 0 Å². The van der Waals surface area contributed by atoms with Crippen LogP contribution in [0.5, 0.6) is 0 Å². The summed E-state index contributed by atoms with van der Waals surface area (Å²) in [5.74, 6) is 1.32. The first-order valence-electron chi connectivity index (χ1n) is 11.2. The van der Waals surface area contributed by atoms with Crippen molar-refractivity contribution in [1.29, 1.82) is 0 Å². The van der Waals surface area contributed by atoms with Crippen LogP contribution in [0.1, 0.15) is 43.2 Å². The van der Waals surface area contributed by atoms with E-state index in [-0.39, 0.29) is 5.92 Å². The zero-order valence-corrected chi connectivity index (χ0v) is 17.4. The number of carbonyl (C=O) groups is 1. The number of hydrogen-bond acceptors (Lipinski definition) is 3. The fourth-order valence-corrected chi connectivity index (χ4v) is 4.87. The normalized spacial score (nSPS) is 21.2. The number of nitrogens with zero attached hydrogens (tertiary/aromatic N) is 3. The van der Waals surface area contributed by atoms with Crippen molar-refractivity contribution in [3.63, 3.8) is 0 Å². The highest BCUT2D eigenvalue weighted by Crippen LogP contribution is 2.26. The van der Waals surface area contributed by atoms with Gasteiger partial charge in [-0.25, -0.2) is 0 Å². The fourth-order valence-electron chi connectivity index (χ4n) is 4.87. The van der Waals surface area contributed by atoms with E-state index in [1.165, 1.54) is 17.5 Å². The van der Waals surface area contributed by atoms with E-state index in [2.05, 4.69) is 51.2 Å². The summed E-state index contributed by atoms with van der Waals surface area (Å²) in [6.45, 7) is 4.76. The third-order valence-electron chi connectivity index (χ3n) is 6.59. The van der Waals surface area contributed by atoms with Crippen LogP contribution < -0.4 is 0 Å². The maximum atomic E-state index is 13.1. The van der Waals surface area contributed by atoms with Crippen molar-refractivity contribution >= 4 is 5.91 Å². The Morgan fingerprint density at radius 2 is 1.76 bits per heavy atom. The summed E-state index contributed by atoms with van der Waals surface area (Å²) in [5.41, 5.74) is 2.67. The van der Waals surface area contributed by atoms with Crippen LogP contribution in [0, 0.1) is 11.8 Å². The number of benzene rings is 1. The monoisotopic (exact) mass is 391 g/mol. The van der Waals surface area contributed by atoms with E-state index in [0.717, 1.165) is 70.7 Å². The van der Waals surface area contributed by atoms with Crippen molar-refractivity contribution in [2.75, 3.05) is 26.2 Å². The number of rotatable bonds is 6. The SMILES string of the molecule is O=C([C@@H]1CCCN(Cc2cccnc2)C1)N1CCC(CCc2ccccc2)CC1. The molecular weight excluding hydrogens is 358 g/mol. The zero-order chi connectivity index (χ0) is 19.9. The van der Waals surface area contributed by atoms with E-state index in [1.807, 2.05) is 18.5 Å². The average Bonchev–Trinajstić information content (AvgIpc) is 2.79. The molecule has 0 spiro atoms. The highest BCUT2D eigenvalue weighted by Gasteiger charge is 2.31.